The van der Waals surface area contributed by atoms with Crippen molar-refractivity contribution in [3.05, 3.63) is 22.4 Å². The lowest BCUT2D eigenvalue weighted by atomic mass is 9.70. The average Bonchev–Trinajstić information content (AvgIpc) is 2.88. The Morgan fingerprint density at radius 1 is 1.25 bits per heavy atom. The van der Waals surface area contributed by atoms with E-state index in [2.05, 4.69) is 49.8 Å². The van der Waals surface area contributed by atoms with Gasteiger partial charge in [-0.3, -0.25) is 0 Å². The maximum absolute atomic E-state index is 3.75. The fourth-order valence-electron chi connectivity index (χ4n) is 3.43. The van der Waals surface area contributed by atoms with Gasteiger partial charge in [-0.15, -0.1) is 0 Å². The molecule has 0 bridgehead atoms. The number of thiophene rings is 1. The molecule has 2 heteroatoms. The van der Waals surface area contributed by atoms with Gasteiger partial charge in [-0.2, -0.15) is 11.3 Å². The molecule has 114 valence electrons. The Balaban J connectivity index is 1.66. The third-order valence-electron chi connectivity index (χ3n) is 4.95. The van der Waals surface area contributed by atoms with Gasteiger partial charge in [0.1, 0.15) is 0 Å². The van der Waals surface area contributed by atoms with Crippen LogP contribution >= 0.6 is 11.3 Å². The van der Waals surface area contributed by atoms with Gasteiger partial charge in [0.25, 0.3) is 0 Å². The highest BCUT2D eigenvalue weighted by Crippen LogP contribution is 2.39. The molecule has 0 amide bonds. The van der Waals surface area contributed by atoms with Gasteiger partial charge in [-0.1, -0.05) is 20.8 Å². The standard InChI is InChI=1S/C18H31NS/c1-14(11-16-9-10-20-13-16)19-12-15-5-7-17(8-6-15)18(2,3)4/h9-10,13-15,17,19H,5-8,11-12H2,1-4H3. The number of hydrogen-bond donors (Lipinski definition) is 1. The van der Waals surface area contributed by atoms with Gasteiger partial charge < -0.3 is 5.32 Å². The Morgan fingerprint density at radius 2 is 1.95 bits per heavy atom. The minimum absolute atomic E-state index is 0.505. The molecule has 1 saturated carbocycles. The van der Waals surface area contributed by atoms with Gasteiger partial charge in [0.15, 0.2) is 0 Å². The molecule has 0 aromatic carbocycles. The van der Waals surface area contributed by atoms with Crippen molar-refractivity contribution in [1.29, 1.82) is 0 Å². The van der Waals surface area contributed by atoms with Crippen LogP contribution in [0.5, 0.6) is 0 Å². The van der Waals surface area contributed by atoms with E-state index >= 15 is 0 Å². The molecule has 20 heavy (non-hydrogen) atoms. The third-order valence-corrected chi connectivity index (χ3v) is 5.68. The van der Waals surface area contributed by atoms with Crippen molar-refractivity contribution in [3.8, 4) is 0 Å². The summed E-state index contributed by atoms with van der Waals surface area (Å²) in [6.45, 7) is 10.7. The Bertz CT molecular complexity index is 369. The van der Waals surface area contributed by atoms with Gasteiger partial charge in [0, 0.05) is 6.04 Å². The van der Waals surface area contributed by atoms with Crippen LogP contribution < -0.4 is 5.32 Å². The molecule has 1 aromatic rings. The molecule has 1 N–H and O–H groups in total. The average molecular weight is 294 g/mol. The first-order valence-electron chi connectivity index (χ1n) is 8.19. The highest BCUT2D eigenvalue weighted by molar-refractivity contribution is 7.07. The smallest absolute Gasteiger partial charge is 0.00795 e. The van der Waals surface area contributed by atoms with Crippen molar-refractivity contribution in [1.82, 2.24) is 5.32 Å². The second-order valence-electron chi connectivity index (χ2n) is 7.73. The fraction of sp³-hybridized carbons (Fsp3) is 0.778. The van der Waals surface area contributed by atoms with Crippen LogP contribution in [0.1, 0.15) is 58.9 Å². The van der Waals surface area contributed by atoms with Crippen LogP contribution in [0, 0.1) is 17.3 Å². The van der Waals surface area contributed by atoms with E-state index in [1.165, 1.54) is 44.2 Å². The topological polar surface area (TPSA) is 12.0 Å². The number of hydrogen-bond acceptors (Lipinski definition) is 2. The zero-order valence-electron chi connectivity index (χ0n) is 13.6. The summed E-state index contributed by atoms with van der Waals surface area (Å²) in [5, 5.41) is 8.20. The molecule has 1 atom stereocenters. The van der Waals surface area contributed by atoms with Crippen molar-refractivity contribution in [2.24, 2.45) is 17.3 Å². The normalized spacial score (nSPS) is 25.6. The highest BCUT2D eigenvalue weighted by atomic mass is 32.1. The molecule has 2 rings (SSSR count). The third kappa shape index (κ3) is 4.89. The minimum atomic E-state index is 0.505. The van der Waals surface area contributed by atoms with Gasteiger partial charge in [0.05, 0.1) is 0 Å². The molecule has 1 unspecified atom stereocenters. The summed E-state index contributed by atoms with van der Waals surface area (Å²) in [6.07, 6.45) is 6.85. The monoisotopic (exact) mass is 293 g/mol. The van der Waals surface area contributed by atoms with Gasteiger partial charge in [-0.25, -0.2) is 0 Å². The second-order valence-corrected chi connectivity index (χ2v) is 8.51. The van der Waals surface area contributed by atoms with Crippen LogP contribution in [-0.4, -0.2) is 12.6 Å². The van der Waals surface area contributed by atoms with Gasteiger partial charge >= 0.3 is 0 Å². The van der Waals surface area contributed by atoms with Crippen LogP contribution in [-0.2, 0) is 6.42 Å². The summed E-state index contributed by atoms with van der Waals surface area (Å²) in [4.78, 5) is 0. The lowest BCUT2D eigenvalue weighted by Gasteiger charge is -2.37. The second kappa shape index (κ2) is 7.09. The van der Waals surface area contributed by atoms with E-state index in [0.717, 1.165) is 11.8 Å². The Morgan fingerprint density at radius 3 is 2.50 bits per heavy atom. The predicted molar refractivity (Wildman–Crippen MR) is 90.4 cm³/mol. The van der Waals surface area contributed by atoms with E-state index in [4.69, 9.17) is 0 Å². The van der Waals surface area contributed by atoms with Crippen LogP contribution in [0.2, 0.25) is 0 Å². The van der Waals surface area contributed by atoms with Crippen LogP contribution in [0.25, 0.3) is 0 Å². The lowest BCUT2D eigenvalue weighted by molar-refractivity contribution is 0.148. The highest BCUT2D eigenvalue weighted by Gasteiger charge is 2.29. The van der Waals surface area contributed by atoms with Gasteiger partial charge in [-0.05, 0) is 85.2 Å². The molecule has 1 heterocycles. The maximum atomic E-state index is 3.75. The van der Waals surface area contributed by atoms with Crippen molar-refractivity contribution in [3.63, 3.8) is 0 Å². The molecule has 0 saturated heterocycles. The predicted octanol–water partition coefficient (Wildman–Crippen LogP) is 5.12. The van der Waals surface area contributed by atoms with Crippen LogP contribution in [0.3, 0.4) is 0 Å². The zero-order valence-corrected chi connectivity index (χ0v) is 14.4. The largest absolute Gasteiger partial charge is 0.314 e. The minimum Gasteiger partial charge on any atom is -0.314 e. The first kappa shape index (κ1) is 16.0. The summed E-state index contributed by atoms with van der Waals surface area (Å²) >= 11 is 1.80. The lowest BCUT2D eigenvalue weighted by Crippen LogP contribution is -2.35. The molecular weight excluding hydrogens is 262 g/mol. The summed E-state index contributed by atoms with van der Waals surface area (Å²) in [5.74, 6) is 1.83. The summed E-state index contributed by atoms with van der Waals surface area (Å²) in [6, 6.07) is 2.85. The Kier molecular flexibility index (Phi) is 5.68. The molecule has 1 aliphatic rings. The first-order chi connectivity index (χ1) is 9.45. The maximum Gasteiger partial charge on any atom is 0.00795 e. The SMILES string of the molecule is CC(Cc1ccsc1)NCC1CCC(C(C)(C)C)CC1. The van der Waals surface area contributed by atoms with Crippen molar-refractivity contribution in [2.75, 3.05) is 6.54 Å². The van der Waals surface area contributed by atoms with E-state index in [9.17, 15) is 0 Å². The van der Waals surface area contributed by atoms with E-state index in [1.807, 2.05) is 0 Å². The van der Waals surface area contributed by atoms with E-state index < -0.39 is 0 Å². The van der Waals surface area contributed by atoms with Crippen molar-refractivity contribution in [2.45, 2.75) is 65.8 Å². The van der Waals surface area contributed by atoms with E-state index in [1.54, 1.807) is 11.3 Å². The van der Waals surface area contributed by atoms with Crippen LogP contribution in [0.4, 0.5) is 0 Å². The molecule has 1 aliphatic carbocycles. The molecule has 0 spiro atoms. The molecule has 0 aliphatic heterocycles. The zero-order chi connectivity index (χ0) is 14.6. The summed E-state index contributed by atoms with van der Waals surface area (Å²) in [5.41, 5.74) is 1.98. The molecule has 1 nitrogen and oxygen atoms in total. The Labute approximate surface area is 129 Å². The molecular formula is C18H31NS. The van der Waals surface area contributed by atoms with Crippen molar-refractivity contribution >= 4 is 11.3 Å². The van der Waals surface area contributed by atoms with Gasteiger partial charge in [0.2, 0.25) is 0 Å². The van der Waals surface area contributed by atoms with E-state index in [0.29, 0.717) is 11.5 Å². The Hall–Kier alpha value is -0.340. The fourth-order valence-corrected chi connectivity index (χ4v) is 4.12. The van der Waals surface area contributed by atoms with Crippen molar-refractivity contribution < 1.29 is 0 Å². The molecule has 1 aromatic heterocycles. The number of nitrogens with one attached hydrogen (secondary N) is 1. The number of rotatable bonds is 5. The molecule has 0 radical (unpaired) electrons. The molecule has 1 fully saturated rings. The van der Waals surface area contributed by atoms with E-state index in [-0.39, 0.29) is 0 Å². The summed E-state index contributed by atoms with van der Waals surface area (Å²) in [7, 11) is 0. The summed E-state index contributed by atoms with van der Waals surface area (Å²) < 4.78 is 0. The van der Waals surface area contributed by atoms with Crippen LogP contribution in [0.15, 0.2) is 16.8 Å². The quantitative estimate of drug-likeness (QED) is 0.794. The first-order valence-corrected chi connectivity index (χ1v) is 9.14.